The van der Waals surface area contributed by atoms with Crippen LogP contribution in [0.2, 0.25) is 0 Å². The minimum absolute atomic E-state index is 0.0288. The van der Waals surface area contributed by atoms with Crippen LogP contribution in [0.4, 0.5) is 0 Å². The molecule has 4 rings (SSSR count). The van der Waals surface area contributed by atoms with Gasteiger partial charge in [-0.2, -0.15) is 0 Å². The Hall–Kier alpha value is -2.88. The van der Waals surface area contributed by atoms with E-state index < -0.39 is 0 Å². The lowest BCUT2D eigenvalue weighted by Crippen LogP contribution is -2.37. The normalized spacial score (nSPS) is 17.6. The lowest BCUT2D eigenvalue weighted by molar-refractivity contribution is -0.131. The molecular weight excluding hydrogens is 336 g/mol. The van der Waals surface area contributed by atoms with E-state index in [9.17, 15) is 9.59 Å². The smallest absolute Gasteiger partial charge is 0.258 e. The van der Waals surface area contributed by atoms with Gasteiger partial charge in [0.2, 0.25) is 5.91 Å². The van der Waals surface area contributed by atoms with E-state index in [1.165, 1.54) is 10.1 Å². The first kappa shape index (κ1) is 17.5. The number of carbonyl (C=O) groups is 1. The molecule has 138 valence electrons. The Morgan fingerprint density at radius 1 is 0.926 bits per heavy atom. The van der Waals surface area contributed by atoms with E-state index in [2.05, 4.69) is 24.3 Å². The van der Waals surface area contributed by atoms with Gasteiger partial charge in [0.1, 0.15) is 6.54 Å². The van der Waals surface area contributed by atoms with E-state index in [0.29, 0.717) is 11.3 Å². The highest BCUT2D eigenvalue weighted by Gasteiger charge is 2.22. The second kappa shape index (κ2) is 7.78. The number of amides is 1. The first-order chi connectivity index (χ1) is 13.2. The maximum atomic E-state index is 12.8. The third-order valence-corrected chi connectivity index (χ3v) is 5.54. The first-order valence-electron chi connectivity index (χ1n) is 9.63. The van der Waals surface area contributed by atoms with Gasteiger partial charge in [-0.1, -0.05) is 48.5 Å². The molecule has 3 aromatic rings. The van der Waals surface area contributed by atoms with Crippen molar-refractivity contribution in [2.45, 2.75) is 31.7 Å². The second-order valence-corrected chi connectivity index (χ2v) is 7.26. The molecule has 4 heteroatoms. The monoisotopic (exact) mass is 360 g/mol. The number of carbonyl (C=O) groups excluding carboxylic acids is 1. The maximum Gasteiger partial charge on any atom is 0.258 e. The molecule has 27 heavy (non-hydrogen) atoms. The second-order valence-electron chi connectivity index (χ2n) is 7.26. The summed E-state index contributed by atoms with van der Waals surface area (Å²) in [4.78, 5) is 27.4. The van der Waals surface area contributed by atoms with Gasteiger partial charge in [-0.3, -0.25) is 9.59 Å². The molecule has 0 aliphatic carbocycles. The maximum absolute atomic E-state index is 12.8. The Labute approximate surface area is 159 Å². The van der Waals surface area contributed by atoms with Crippen molar-refractivity contribution in [1.29, 1.82) is 0 Å². The van der Waals surface area contributed by atoms with Crippen LogP contribution in [-0.4, -0.2) is 28.5 Å². The van der Waals surface area contributed by atoms with Crippen molar-refractivity contribution in [1.82, 2.24) is 9.47 Å². The number of fused-ring (bicyclic) bond motifs is 1. The van der Waals surface area contributed by atoms with Crippen molar-refractivity contribution < 1.29 is 4.79 Å². The summed E-state index contributed by atoms with van der Waals surface area (Å²) in [6.45, 7) is 1.63. The summed E-state index contributed by atoms with van der Waals surface area (Å²) in [5, 5.41) is 1.57. The summed E-state index contributed by atoms with van der Waals surface area (Å²) >= 11 is 0. The van der Waals surface area contributed by atoms with Crippen molar-refractivity contribution in [2.24, 2.45) is 0 Å². The lowest BCUT2D eigenvalue weighted by Gasteiger charge is -2.21. The fourth-order valence-corrected chi connectivity index (χ4v) is 4.00. The highest BCUT2D eigenvalue weighted by atomic mass is 16.2. The number of hydrogen-bond donors (Lipinski definition) is 0. The third kappa shape index (κ3) is 3.80. The van der Waals surface area contributed by atoms with Gasteiger partial charge in [-0.25, -0.2) is 0 Å². The van der Waals surface area contributed by atoms with Crippen molar-refractivity contribution in [3.8, 4) is 0 Å². The molecule has 0 bridgehead atoms. The topological polar surface area (TPSA) is 42.3 Å². The zero-order chi connectivity index (χ0) is 18.6. The Bertz CT molecular complexity index is 994. The van der Waals surface area contributed by atoms with Crippen LogP contribution in [-0.2, 0) is 11.3 Å². The van der Waals surface area contributed by atoms with Crippen LogP contribution in [0.1, 0.15) is 30.7 Å². The average Bonchev–Trinajstić information content (AvgIpc) is 2.97. The van der Waals surface area contributed by atoms with E-state index >= 15 is 0 Å². The number of rotatable bonds is 3. The van der Waals surface area contributed by atoms with Gasteiger partial charge < -0.3 is 9.47 Å². The van der Waals surface area contributed by atoms with Crippen LogP contribution in [0.5, 0.6) is 0 Å². The summed E-state index contributed by atoms with van der Waals surface area (Å²) < 4.78 is 1.53. The van der Waals surface area contributed by atoms with E-state index in [4.69, 9.17) is 0 Å². The van der Waals surface area contributed by atoms with Crippen molar-refractivity contribution >= 4 is 16.7 Å². The minimum Gasteiger partial charge on any atom is -0.341 e. The molecule has 1 fully saturated rings. The highest BCUT2D eigenvalue weighted by molar-refractivity contribution is 5.82. The fourth-order valence-electron chi connectivity index (χ4n) is 4.00. The van der Waals surface area contributed by atoms with Crippen LogP contribution in [0.15, 0.2) is 71.7 Å². The van der Waals surface area contributed by atoms with Crippen molar-refractivity contribution in [2.75, 3.05) is 13.1 Å². The number of pyridine rings is 1. The molecule has 1 aliphatic heterocycles. The third-order valence-electron chi connectivity index (χ3n) is 5.54. The molecule has 1 amide bonds. The molecule has 1 aromatic heterocycles. The molecule has 0 spiro atoms. The summed E-state index contributed by atoms with van der Waals surface area (Å²) in [6, 6.07) is 20.0. The number of nitrogens with zero attached hydrogens (tertiary/aromatic N) is 2. The number of aromatic nitrogens is 1. The van der Waals surface area contributed by atoms with Gasteiger partial charge in [0, 0.05) is 24.7 Å². The van der Waals surface area contributed by atoms with Gasteiger partial charge in [0.25, 0.3) is 5.56 Å². The molecule has 1 aliphatic rings. The zero-order valence-corrected chi connectivity index (χ0v) is 15.4. The lowest BCUT2D eigenvalue weighted by atomic mass is 9.92. The van der Waals surface area contributed by atoms with E-state index in [1.54, 1.807) is 6.20 Å². The Kier molecular flexibility index (Phi) is 5.05. The Balaban J connectivity index is 1.46. The summed E-state index contributed by atoms with van der Waals surface area (Å²) in [6.07, 6.45) is 4.80. The van der Waals surface area contributed by atoms with Gasteiger partial charge in [-0.05, 0) is 48.3 Å². The van der Waals surface area contributed by atoms with Crippen LogP contribution in [0.3, 0.4) is 0 Å². The number of hydrogen-bond acceptors (Lipinski definition) is 2. The van der Waals surface area contributed by atoms with Gasteiger partial charge >= 0.3 is 0 Å². The van der Waals surface area contributed by atoms with E-state index in [0.717, 1.165) is 37.7 Å². The molecule has 1 saturated heterocycles. The predicted octanol–water partition coefficient (Wildman–Crippen LogP) is 3.80. The molecule has 0 saturated carbocycles. The van der Waals surface area contributed by atoms with E-state index in [-0.39, 0.29) is 18.0 Å². The van der Waals surface area contributed by atoms with Gasteiger partial charge in [-0.15, -0.1) is 0 Å². The highest BCUT2D eigenvalue weighted by Crippen LogP contribution is 2.27. The zero-order valence-electron chi connectivity index (χ0n) is 15.4. The van der Waals surface area contributed by atoms with E-state index in [1.807, 2.05) is 41.3 Å². The average molecular weight is 360 g/mol. The predicted molar refractivity (Wildman–Crippen MR) is 108 cm³/mol. The standard InChI is InChI=1S/C23H24N2O2/c26-22(17-25-16-13-20-9-4-5-11-21(20)23(25)27)24-14-6-10-19(12-15-24)18-7-2-1-3-8-18/h1-5,7-9,11,13,16,19H,6,10,12,14-15,17H2/t19-/m0/s1. The molecule has 2 heterocycles. The molecule has 1 atom stereocenters. The van der Waals surface area contributed by atoms with Crippen LogP contribution in [0.25, 0.3) is 10.8 Å². The number of likely N-dealkylation sites (tertiary alicyclic amines) is 1. The molecule has 4 nitrogen and oxygen atoms in total. The van der Waals surface area contributed by atoms with Crippen LogP contribution >= 0.6 is 0 Å². The quantitative estimate of drug-likeness (QED) is 0.713. The summed E-state index contributed by atoms with van der Waals surface area (Å²) in [7, 11) is 0. The summed E-state index contributed by atoms with van der Waals surface area (Å²) in [5.74, 6) is 0.536. The molecule has 2 aromatic carbocycles. The minimum atomic E-state index is -0.0987. The van der Waals surface area contributed by atoms with Gasteiger partial charge in [0.05, 0.1) is 0 Å². The fraction of sp³-hybridized carbons (Fsp3) is 0.304. The van der Waals surface area contributed by atoms with Crippen molar-refractivity contribution in [3.05, 3.63) is 82.8 Å². The summed E-state index contributed by atoms with van der Waals surface area (Å²) in [5.41, 5.74) is 1.26. The number of benzene rings is 2. The molecule has 0 N–H and O–H groups in total. The Morgan fingerprint density at radius 3 is 2.56 bits per heavy atom. The van der Waals surface area contributed by atoms with Crippen LogP contribution < -0.4 is 5.56 Å². The first-order valence-corrected chi connectivity index (χ1v) is 9.63. The molecular formula is C23H24N2O2. The van der Waals surface area contributed by atoms with Gasteiger partial charge in [0.15, 0.2) is 0 Å². The van der Waals surface area contributed by atoms with Crippen molar-refractivity contribution in [3.63, 3.8) is 0 Å². The SMILES string of the molecule is O=C(Cn1ccc2ccccc2c1=O)N1CCC[C@H](c2ccccc2)CC1. The molecule has 0 radical (unpaired) electrons. The largest absolute Gasteiger partial charge is 0.341 e. The molecule has 0 unspecified atom stereocenters. The van der Waals surface area contributed by atoms with Crippen LogP contribution in [0, 0.1) is 0 Å². The Morgan fingerprint density at radius 2 is 1.70 bits per heavy atom.